The highest BCUT2D eigenvalue weighted by molar-refractivity contribution is 5.83. The first kappa shape index (κ1) is 10.8. The van der Waals surface area contributed by atoms with Crippen molar-refractivity contribution in [1.29, 1.82) is 0 Å². The van der Waals surface area contributed by atoms with E-state index in [-0.39, 0.29) is 6.29 Å². The second kappa shape index (κ2) is 4.81. The fraction of sp³-hybridized carbons (Fsp3) is 0.500. The van der Waals surface area contributed by atoms with Crippen molar-refractivity contribution >= 4 is 5.97 Å². The zero-order chi connectivity index (χ0) is 10.6. The molecule has 4 heteroatoms. The minimum atomic E-state index is -0.427. The number of methoxy groups -OCH3 is 2. The molecule has 0 aliphatic carbocycles. The monoisotopic (exact) mass is 198 g/mol. The zero-order valence-corrected chi connectivity index (χ0v) is 8.57. The van der Waals surface area contributed by atoms with E-state index in [0.29, 0.717) is 5.76 Å². The topological polar surface area (TPSA) is 44.8 Å². The number of carbonyl (C=O) groups excluding carboxylic acids is 1. The van der Waals surface area contributed by atoms with E-state index in [0.717, 1.165) is 12.0 Å². The second-order valence-corrected chi connectivity index (χ2v) is 2.83. The fourth-order valence-corrected chi connectivity index (χ4v) is 1.20. The van der Waals surface area contributed by atoms with Crippen LogP contribution in [0.4, 0.5) is 0 Å². The van der Waals surface area contributed by atoms with Crippen molar-refractivity contribution in [1.82, 2.24) is 0 Å². The molecular weight excluding hydrogens is 184 g/mol. The number of allylic oxidation sites excluding steroid dienone is 1. The van der Waals surface area contributed by atoms with Crippen LogP contribution in [0, 0.1) is 0 Å². The molecule has 0 spiro atoms. The van der Waals surface area contributed by atoms with Crippen LogP contribution in [-0.2, 0) is 19.0 Å². The Morgan fingerprint density at radius 3 is 2.79 bits per heavy atom. The first-order valence-corrected chi connectivity index (χ1v) is 4.40. The van der Waals surface area contributed by atoms with E-state index >= 15 is 0 Å². The van der Waals surface area contributed by atoms with Crippen LogP contribution in [0.25, 0.3) is 0 Å². The minimum absolute atomic E-state index is 0.365. The Labute approximate surface area is 83.1 Å². The molecule has 1 aliphatic rings. The summed E-state index contributed by atoms with van der Waals surface area (Å²) in [6.45, 7) is 2.00. The van der Waals surface area contributed by atoms with Gasteiger partial charge in [0.15, 0.2) is 0 Å². The summed E-state index contributed by atoms with van der Waals surface area (Å²) < 4.78 is 14.9. The Morgan fingerprint density at radius 1 is 1.64 bits per heavy atom. The van der Waals surface area contributed by atoms with Crippen LogP contribution in [0.5, 0.6) is 0 Å². The first-order valence-electron chi connectivity index (χ1n) is 4.40. The second-order valence-electron chi connectivity index (χ2n) is 2.83. The molecule has 0 aromatic heterocycles. The van der Waals surface area contributed by atoms with Gasteiger partial charge in [-0.3, -0.25) is 0 Å². The van der Waals surface area contributed by atoms with Crippen molar-refractivity contribution in [2.75, 3.05) is 14.2 Å². The van der Waals surface area contributed by atoms with Crippen molar-refractivity contribution in [3.8, 4) is 0 Å². The Balaban J connectivity index is 2.73. The highest BCUT2D eigenvalue weighted by atomic mass is 16.7. The van der Waals surface area contributed by atoms with Gasteiger partial charge in [0.2, 0.25) is 6.29 Å². The lowest BCUT2D eigenvalue weighted by atomic mass is 10.2. The van der Waals surface area contributed by atoms with Gasteiger partial charge in [-0.1, -0.05) is 6.92 Å². The molecule has 14 heavy (non-hydrogen) atoms. The van der Waals surface area contributed by atoms with E-state index in [2.05, 4.69) is 4.74 Å². The molecule has 0 N–H and O–H groups in total. The Morgan fingerprint density at radius 2 is 2.36 bits per heavy atom. The van der Waals surface area contributed by atoms with Crippen molar-refractivity contribution in [2.24, 2.45) is 0 Å². The van der Waals surface area contributed by atoms with Gasteiger partial charge in [0, 0.05) is 12.7 Å². The van der Waals surface area contributed by atoms with Crippen LogP contribution in [0.2, 0.25) is 0 Å². The van der Waals surface area contributed by atoms with Crippen molar-refractivity contribution < 1.29 is 19.0 Å². The number of ether oxygens (including phenoxy) is 3. The Hall–Kier alpha value is -1.29. The maximum atomic E-state index is 10.9. The van der Waals surface area contributed by atoms with Gasteiger partial charge >= 0.3 is 5.97 Å². The molecule has 78 valence electrons. The first-order chi connectivity index (χ1) is 6.71. The standard InChI is InChI=1S/C10H14O4/c1-4-7-5-8(6-9(11)12-2)14-10(7)13-3/h5-6,10H,4H2,1-3H3/b8-6+. The quantitative estimate of drug-likeness (QED) is 0.507. The molecule has 0 fully saturated rings. The summed E-state index contributed by atoms with van der Waals surface area (Å²) in [5.41, 5.74) is 1.02. The molecule has 1 rings (SSSR count). The van der Waals surface area contributed by atoms with E-state index < -0.39 is 5.97 Å². The largest absolute Gasteiger partial charge is 0.466 e. The maximum Gasteiger partial charge on any atom is 0.334 e. The third-order valence-electron chi connectivity index (χ3n) is 1.96. The normalized spacial score (nSPS) is 23.2. The van der Waals surface area contributed by atoms with Gasteiger partial charge in [0.25, 0.3) is 0 Å². The lowest BCUT2D eigenvalue weighted by molar-refractivity contribution is -0.135. The molecule has 4 nitrogen and oxygen atoms in total. The van der Waals surface area contributed by atoms with Crippen LogP contribution < -0.4 is 0 Å². The predicted molar refractivity (Wildman–Crippen MR) is 50.4 cm³/mol. The lowest BCUT2D eigenvalue weighted by Crippen LogP contribution is -2.11. The van der Waals surface area contributed by atoms with Crippen LogP contribution in [-0.4, -0.2) is 26.5 Å². The summed E-state index contributed by atoms with van der Waals surface area (Å²) in [7, 11) is 2.89. The molecule has 0 bridgehead atoms. The fourth-order valence-electron chi connectivity index (χ4n) is 1.20. The third-order valence-corrected chi connectivity index (χ3v) is 1.96. The summed E-state index contributed by atoms with van der Waals surface area (Å²) in [6, 6.07) is 0. The Kier molecular flexibility index (Phi) is 3.71. The summed E-state index contributed by atoms with van der Waals surface area (Å²) in [5.74, 6) is 0.0593. The SMILES string of the molecule is CCC1=C/C(=C\C(=O)OC)OC1OC. The lowest BCUT2D eigenvalue weighted by Gasteiger charge is -2.11. The number of carbonyl (C=O) groups is 1. The van der Waals surface area contributed by atoms with E-state index in [1.54, 1.807) is 13.2 Å². The molecule has 0 aromatic carbocycles. The van der Waals surface area contributed by atoms with Gasteiger partial charge in [0.1, 0.15) is 5.76 Å². The average Bonchev–Trinajstić information content (AvgIpc) is 2.59. The molecule has 0 radical (unpaired) electrons. The van der Waals surface area contributed by atoms with Crippen LogP contribution in [0.3, 0.4) is 0 Å². The van der Waals surface area contributed by atoms with Gasteiger partial charge in [-0.15, -0.1) is 0 Å². The third kappa shape index (κ3) is 2.35. The average molecular weight is 198 g/mol. The van der Waals surface area contributed by atoms with E-state index in [4.69, 9.17) is 9.47 Å². The van der Waals surface area contributed by atoms with E-state index in [1.165, 1.54) is 13.2 Å². The minimum Gasteiger partial charge on any atom is -0.466 e. The van der Waals surface area contributed by atoms with Crippen LogP contribution >= 0.6 is 0 Å². The van der Waals surface area contributed by atoms with Gasteiger partial charge in [-0.25, -0.2) is 4.79 Å². The number of rotatable bonds is 3. The number of hydrogen-bond donors (Lipinski definition) is 0. The molecule has 0 aromatic rings. The zero-order valence-electron chi connectivity index (χ0n) is 8.57. The maximum absolute atomic E-state index is 10.9. The molecule has 1 heterocycles. The molecule has 1 atom stereocenters. The number of hydrogen-bond acceptors (Lipinski definition) is 4. The van der Waals surface area contributed by atoms with Gasteiger partial charge in [-0.2, -0.15) is 0 Å². The van der Waals surface area contributed by atoms with Crippen molar-refractivity contribution in [2.45, 2.75) is 19.6 Å². The van der Waals surface area contributed by atoms with Gasteiger partial charge in [0.05, 0.1) is 13.2 Å². The van der Waals surface area contributed by atoms with Crippen molar-refractivity contribution in [3.63, 3.8) is 0 Å². The van der Waals surface area contributed by atoms with Gasteiger partial charge in [-0.05, 0) is 12.5 Å². The molecular formula is C10H14O4. The predicted octanol–water partition coefficient (Wildman–Crippen LogP) is 1.38. The van der Waals surface area contributed by atoms with E-state index in [1.807, 2.05) is 6.92 Å². The summed E-state index contributed by atoms with van der Waals surface area (Å²) in [5, 5.41) is 0. The highest BCUT2D eigenvalue weighted by Crippen LogP contribution is 2.25. The molecule has 0 saturated heterocycles. The van der Waals surface area contributed by atoms with Gasteiger partial charge < -0.3 is 14.2 Å². The van der Waals surface area contributed by atoms with Crippen LogP contribution in [0.15, 0.2) is 23.5 Å². The summed E-state index contributed by atoms with van der Waals surface area (Å²) >= 11 is 0. The number of esters is 1. The smallest absolute Gasteiger partial charge is 0.334 e. The Bertz CT molecular complexity index is 278. The molecule has 0 saturated carbocycles. The molecule has 0 amide bonds. The molecule has 1 unspecified atom stereocenters. The van der Waals surface area contributed by atoms with Crippen molar-refractivity contribution in [3.05, 3.63) is 23.5 Å². The summed E-state index contributed by atoms with van der Waals surface area (Å²) in [4.78, 5) is 10.9. The van der Waals surface area contributed by atoms with Crippen LogP contribution in [0.1, 0.15) is 13.3 Å². The molecule has 1 aliphatic heterocycles. The van der Waals surface area contributed by atoms with E-state index in [9.17, 15) is 4.79 Å². The highest BCUT2D eigenvalue weighted by Gasteiger charge is 2.22. The summed E-state index contributed by atoms with van der Waals surface area (Å²) in [6.07, 6.45) is 3.56.